The van der Waals surface area contributed by atoms with E-state index in [9.17, 15) is 0 Å². The summed E-state index contributed by atoms with van der Waals surface area (Å²) in [4.78, 5) is 1.11. The van der Waals surface area contributed by atoms with Gasteiger partial charge in [0.1, 0.15) is 6.07 Å². The zero-order valence-electron chi connectivity index (χ0n) is 8.23. The Morgan fingerprint density at radius 1 is 1.13 bits per heavy atom. The van der Waals surface area contributed by atoms with Crippen LogP contribution in [-0.4, -0.2) is 0 Å². The molecule has 1 aromatic carbocycles. The molecule has 0 amide bonds. The van der Waals surface area contributed by atoms with Gasteiger partial charge in [0.25, 0.3) is 0 Å². The highest BCUT2D eigenvalue weighted by Crippen LogP contribution is 2.28. The Balaban J connectivity index is 2.15. The number of hydrogen-bond donors (Lipinski definition) is 0. The van der Waals surface area contributed by atoms with Gasteiger partial charge < -0.3 is 4.42 Å². The van der Waals surface area contributed by atoms with Crippen LogP contribution in [-0.2, 0) is 0 Å². The number of furan rings is 1. The van der Waals surface area contributed by atoms with Crippen molar-refractivity contribution in [2.24, 2.45) is 0 Å². The van der Waals surface area contributed by atoms with E-state index >= 15 is 0 Å². The number of hydrogen-bond acceptors (Lipinski definition) is 3. The molecule has 0 spiro atoms. The fourth-order valence-corrected chi connectivity index (χ4v) is 1.93. The number of nitriles is 1. The summed E-state index contributed by atoms with van der Waals surface area (Å²) in [6, 6.07) is 13.6. The molecular weight excluding hydrogens is 206 g/mol. The lowest BCUT2D eigenvalue weighted by Crippen LogP contribution is -1.72. The van der Waals surface area contributed by atoms with Gasteiger partial charge in [0, 0.05) is 4.90 Å². The number of nitrogens with zero attached hydrogens (tertiary/aromatic N) is 1. The van der Waals surface area contributed by atoms with Crippen molar-refractivity contribution in [1.82, 2.24) is 0 Å². The van der Waals surface area contributed by atoms with Crippen molar-refractivity contribution in [2.45, 2.75) is 16.9 Å². The molecule has 0 radical (unpaired) electrons. The van der Waals surface area contributed by atoms with Crippen molar-refractivity contribution < 1.29 is 4.42 Å². The van der Waals surface area contributed by atoms with Crippen LogP contribution in [0.25, 0.3) is 0 Å². The summed E-state index contributed by atoms with van der Waals surface area (Å²) in [6.45, 7) is 2.05. The van der Waals surface area contributed by atoms with E-state index in [1.54, 1.807) is 6.07 Å². The Bertz CT molecular complexity index is 493. The lowest BCUT2D eigenvalue weighted by atomic mass is 10.2. The Kier molecular flexibility index (Phi) is 2.79. The van der Waals surface area contributed by atoms with Crippen molar-refractivity contribution in [3.05, 3.63) is 47.7 Å². The normalized spacial score (nSPS) is 9.87. The van der Waals surface area contributed by atoms with Crippen LogP contribution < -0.4 is 0 Å². The van der Waals surface area contributed by atoms with E-state index < -0.39 is 0 Å². The first kappa shape index (κ1) is 9.88. The molecule has 0 aliphatic rings. The number of rotatable bonds is 2. The maximum Gasteiger partial charge on any atom is 0.204 e. The SMILES string of the molecule is Cc1ccc(Sc2ccc(C#N)o2)cc1. The first-order valence-electron chi connectivity index (χ1n) is 4.52. The van der Waals surface area contributed by atoms with Crippen LogP contribution in [0.5, 0.6) is 0 Å². The fraction of sp³-hybridized carbons (Fsp3) is 0.0833. The predicted molar refractivity (Wildman–Crippen MR) is 58.7 cm³/mol. The molecule has 1 aromatic heterocycles. The minimum Gasteiger partial charge on any atom is -0.439 e. The molecule has 0 N–H and O–H groups in total. The van der Waals surface area contributed by atoms with Crippen LogP contribution in [0.2, 0.25) is 0 Å². The third-order valence-corrected chi connectivity index (χ3v) is 2.86. The van der Waals surface area contributed by atoms with Gasteiger partial charge in [-0.05, 0) is 31.2 Å². The molecule has 0 unspecified atom stereocenters. The van der Waals surface area contributed by atoms with Gasteiger partial charge in [-0.15, -0.1) is 0 Å². The zero-order valence-corrected chi connectivity index (χ0v) is 9.04. The Morgan fingerprint density at radius 3 is 2.47 bits per heavy atom. The minimum atomic E-state index is 0.351. The van der Waals surface area contributed by atoms with Gasteiger partial charge in [0.05, 0.1) is 0 Å². The first-order valence-corrected chi connectivity index (χ1v) is 5.34. The summed E-state index contributed by atoms with van der Waals surface area (Å²) in [5.74, 6) is 0.351. The molecule has 0 aliphatic carbocycles. The van der Waals surface area contributed by atoms with Crippen LogP contribution in [0.15, 0.2) is 50.8 Å². The predicted octanol–water partition coefficient (Wildman–Crippen LogP) is 3.61. The highest BCUT2D eigenvalue weighted by Gasteiger charge is 2.02. The van der Waals surface area contributed by atoms with Gasteiger partial charge >= 0.3 is 0 Å². The second-order valence-corrected chi connectivity index (χ2v) is 4.22. The fourth-order valence-electron chi connectivity index (χ4n) is 1.16. The molecule has 74 valence electrons. The molecule has 0 fully saturated rings. The molecular formula is C12H9NOS. The lowest BCUT2D eigenvalue weighted by molar-refractivity contribution is 0.463. The summed E-state index contributed by atoms with van der Waals surface area (Å²) in [5, 5.41) is 9.35. The first-order chi connectivity index (χ1) is 7.28. The van der Waals surface area contributed by atoms with Crippen molar-refractivity contribution in [3.8, 4) is 6.07 Å². The maximum atomic E-state index is 8.60. The Labute approximate surface area is 92.5 Å². The molecule has 2 rings (SSSR count). The summed E-state index contributed by atoms with van der Waals surface area (Å²) in [6.07, 6.45) is 0. The summed E-state index contributed by atoms with van der Waals surface area (Å²) in [5.41, 5.74) is 1.23. The highest BCUT2D eigenvalue weighted by atomic mass is 32.2. The van der Waals surface area contributed by atoms with E-state index in [4.69, 9.17) is 9.68 Å². The summed E-state index contributed by atoms with van der Waals surface area (Å²) in [7, 11) is 0. The molecule has 0 aliphatic heterocycles. The minimum absolute atomic E-state index is 0.351. The van der Waals surface area contributed by atoms with E-state index in [1.165, 1.54) is 17.3 Å². The smallest absolute Gasteiger partial charge is 0.204 e. The van der Waals surface area contributed by atoms with E-state index in [2.05, 4.69) is 19.1 Å². The molecule has 1 heterocycles. The third-order valence-electron chi connectivity index (χ3n) is 1.93. The average Bonchev–Trinajstić information content (AvgIpc) is 2.69. The second-order valence-electron chi connectivity index (χ2n) is 3.15. The Hall–Kier alpha value is -1.66. The number of benzene rings is 1. The van der Waals surface area contributed by atoms with Crippen LogP contribution in [0.1, 0.15) is 11.3 Å². The monoisotopic (exact) mass is 215 g/mol. The van der Waals surface area contributed by atoms with Gasteiger partial charge in [0.2, 0.25) is 5.76 Å². The molecule has 0 bridgehead atoms. The molecule has 0 saturated heterocycles. The average molecular weight is 215 g/mol. The molecule has 0 saturated carbocycles. The summed E-state index contributed by atoms with van der Waals surface area (Å²) < 4.78 is 5.27. The maximum absolute atomic E-state index is 8.60. The third kappa shape index (κ3) is 2.42. The van der Waals surface area contributed by atoms with E-state index in [0.29, 0.717) is 5.76 Å². The topological polar surface area (TPSA) is 36.9 Å². The molecule has 3 heteroatoms. The largest absolute Gasteiger partial charge is 0.439 e. The molecule has 2 nitrogen and oxygen atoms in total. The van der Waals surface area contributed by atoms with Crippen molar-refractivity contribution in [1.29, 1.82) is 5.26 Å². The second kappa shape index (κ2) is 4.24. The van der Waals surface area contributed by atoms with Crippen LogP contribution >= 0.6 is 11.8 Å². The molecule has 15 heavy (non-hydrogen) atoms. The van der Waals surface area contributed by atoms with Gasteiger partial charge in [-0.25, -0.2) is 0 Å². The van der Waals surface area contributed by atoms with Gasteiger partial charge in [-0.2, -0.15) is 5.26 Å². The Morgan fingerprint density at radius 2 is 1.87 bits per heavy atom. The number of aryl methyl sites for hydroxylation is 1. The van der Waals surface area contributed by atoms with Crippen molar-refractivity contribution in [3.63, 3.8) is 0 Å². The standard InChI is InChI=1S/C12H9NOS/c1-9-2-5-11(6-3-9)15-12-7-4-10(8-13)14-12/h2-7H,1H3. The molecule has 0 atom stereocenters. The van der Waals surface area contributed by atoms with Gasteiger partial charge in [-0.1, -0.05) is 29.5 Å². The van der Waals surface area contributed by atoms with Crippen LogP contribution in [0.4, 0.5) is 0 Å². The van der Waals surface area contributed by atoms with Crippen LogP contribution in [0, 0.1) is 18.3 Å². The van der Waals surface area contributed by atoms with E-state index in [-0.39, 0.29) is 0 Å². The molecule has 2 aromatic rings. The van der Waals surface area contributed by atoms with Crippen molar-refractivity contribution >= 4 is 11.8 Å². The zero-order chi connectivity index (χ0) is 10.7. The lowest BCUT2D eigenvalue weighted by Gasteiger charge is -1.97. The quantitative estimate of drug-likeness (QED) is 0.767. The van der Waals surface area contributed by atoms with E-state index in [0.717, 1.165) is 9.99 Å². The van der Waals surface area contributed by atoms with Crippen molar-refractivity contribution in [2.75, 3.05) is 0 Å². The van der Waals surface area contributed by atoms with Gasteiger partial charge in [-0.3, -0.25) is 0 Å². The summed E-state index contributed by atoms with van der Waals surface area (Å²) >= 11 is 1.51. The highest BCUT2D eigenvalue weighted by molar-refractivity contribution is 7.99. The van der Waals surface area contributed by atoms with Gasteiger partial charge in [0.15, 0.2) is 5.09 Å². The van der Waals surface area contributed by atoms with E-state index in [1.807, 2.05) is 24.3 Å². The van der Waals surface area contributed by atoms with Crippen LogP contribution in [0.3, 0.4) is 0 Å².